The number of nitrogens with zero attached hydrogens (tertiary/aromatic N) is 4. The van der Waals surface area contributed by atoms with Gasteiger partial charge in [-0.2, -0.15) is 4.31 Å². The van der Waals surface area contributed by atoms with Crippen LogP contribution in [0.3, 0.4) is 0 Å². The van der Waals surface area contributed by atoms with E-state index < -0.39 is 10.0 Å². The molecule has 0 bridgehead atoms. The number of thioether (sulfide) groups is 1. The van der Waals surface area contributed by atoms with Gasteiger partial charge in [-0.25, -0.2) is 8.42 Å². The van der Waals surface area contributed by atoms with Crippen molar-refractivity contribution in [2.24, 2.45) is 0 Å². The molecule has 1 aliphatic rings. The molecule has 1 aliphatic heterocycles. The van der Waals surface area contributed by atoms with Gasteiger partial charge in [-0.15, -0.1) is 10.2 Å². The summed E-state index contributed by atoms with van der Waals surface area (Å²) < 4.78 is 34.9. The average Bonchev–Trinajstić information content (AvgIpc) is 3.22. The van der Waals surface area contributed by atoms with E-state index in [4.69, 9.17) is 16.3 Å². The van der Waals surface area contributed by atoms with E-state index in [0.717, 1.165) is 23.0 Å². The van der Waals surface area contributed by atoms with Crippen LogP contribution in [-0.4, -0.2) is 59.5 Å². The van der Waals surface area contributed by atoms with E-state index in [1.165, 1.54) is 4.31 Å². The second kappa shape index (κ2) is 9.70. The molecule has 2 heterocycles. The van der Waals surface area contributed by atoms with Crippen molar-refractivity contribution in [2.45, 2.75) is 23.4 Å². The van der Waals surface area contributed by atoms with Gasteiger partial charge in [-0.05, 0) is 36.8 Å². The molecule has 31 heavy (non-hydrogen) atoms. The summed E-state index contributed by atoms with van der Waals surface area (Å²) in [6.07, 6.45) is 0.996. The summed E-state index contributed by atoms with van der Waals surface area (Å²) in [5.74, 6) is 1.46. The van der Waals surface area contributed by atoms with Gasteiger partial charge in [0.05, 0.1) is 23.8 Å². The summed E-state index contributed by atoms with van der Waals surface area (Å²) in [6, 6.07) is 14.3. The second-order valence-corrected chi connectivity index (χ2v) is 10.5. The number of benzene rings is 2. The number of rotatable bonds is 7. The second-order valence-electron chi connectivity index (χ2n) is 7.01. The first kappa shape index (κ1) is 22.3. The SMILES string of the molecule is CCCSc1nnc(-c2cccc(S(=O)(=O)N3CCOCC3)c2)n1-c1cccc(Cl)c1. The molecule has 1 aromatic heterocycles. The zero-order valence-electron chi connectivity index (χ0n) is 17.1. The summed E-state index contributed by atoms with van der Waals surface area (Å²) in [4.78, 5) is 0.232. The predicted molar refractivity (Wildman–Crippen MR) is 122 cm³/mol. The van der Waals surface area contributed by atoms with Crippen LogP contribution in [0.5, 0.6) is 0 Å². The van der Waals surface area contributed by atoms with Crippen molar-refractivity contribution < 1.29 is 13.2 Å². The third kappa shape index (κ3) is 4.80. The van der Waals surface area contributed by atoms with Crippen LogP contribution in [-0.2, 0) is 14.8 Å². The van der Waals surface area contributed by atoms with Crippen molar-refractivity contribution in [3.63, 3.8) is 0 Å². The summed E-state index contributed by atoms with van der Waals surface area (Å²) in [5.41, 5.74) is 1.50. The Hall–Kier alpha value is -1.91. The van der Waals surface area contributed by atoms with E-state index in [9.17, 15) is 8.42 Å². The normalized spacial score (nSPS) is 15.3. The Morgan fingerprint density at radius 3 is 2.61 bits per heavy atom. The van der Waals surface area contributed by atoms with Crippen molar-refractivity contribution in [3.8, 4) is 17.1 Å². The van der Waals surface area contributed by atoms with Crippen molar-refractivity contribution >= 4 is 33.4 Å². The Bertz CT molecular complexity index is 1160. The van der Waals surface area contributed by atoms with E-state index in [1.807, 2.05) is 34.9 Å². The van der Waals surface area contributed by atoms with Crippen LogP contribution in [0.25, 0.3) is 17.1 Å². The quantitative estimate of drug-likeness (QED) is 0.475. The predicted octanol–water partition coefficient (Wildman–Crippen LogP) is 4.11. The minimum absolute atomic E-state index is 0.232. The molecule has 0 saturated carbocycles. The highest BCUT2D eigenvalue weighted by atomic mass is 35.5. The maximum absolute atomic E-state index is 13.1. The lowest BCUT2D eigenvalue weighted by Crippen LogP contribution is -2.40. The molecule has 0 amide bonds. The molecule has 7 nitrogen and oxygen atoms in total. The van der Waals surface area contributed by atoms with Gasteiger partial charge >= 0.3 is 0 Å². The molecule has 0 radical (unpaired) electrons. The Morgan fingerprint density at radius 2 is 1.87 bits per heavy atom. The molecule has 10 heteroatoms. The topological polar surface area (TPSA) is 77.3 Å². The van der Waals surface area contributed by atoms with Gasteiger partial charge in [0.15, 0.2) is 11.0 Å². The molecular formula is C21H23ClN4O3S2. The van der Waals surface area contributed by atoms with Crippen molar-refractivity contribution in [1.29, 1.82) is 0 Å². The van der Waals surface area contributed by atoms with Gasteiger partial charge < -0.3 is 4.74 Å². The highest BCUT2D eigenvalue weighted by molar-refractivity contribution is 7.99. The Labute approximate surface area is 191 Å². The number of halogens is 1. The third-order valence-corrected chi connectivity index (χ3v) is 8.10. The number of hydrogen-bond donors (Lipinski definition) is 0. The van der Waals surface area contributed by atoms with E-state index in [0.29, 0.717) is 42.7 Å². The fourth-order valence-corrected chi connectivity index (χ4v) is 5.77. The molecule has 1 saturated heterocycles. The minimum atomic E-state index is -3.61. The van der Waals surface area contributed by atoms with Crippen LogP contribution in [0, 0.1) is 0 Å². The molecule has 0 N–H and O–H groups in total. The fraction of sp³-hybridized carbons (Fsp3) is 0.333. The largest absolute Gasteiger partial charge is 0.379 e. The van der Waals surface area contributed by atoms with Crippen LogP contribution >= 0.6 is 23.4 Å². The van der Waals surface area contributed by atoms with Crippen molar-refractivity contribution in [2.75, 3.05) is 32.1 Å². The molecule has 4 rings (SSSR count). The van der Waals surface area contributed by atoms with Gasteiger partial charge in [0.1, 0.15) is 0 Å². The first-order valence-electron chi connectivity index (χ1n) is 10.0. The Balaban J connectivity index is 1.78. The first-order valence-corrected chi connectivity index (χ1v) is 12.8. The van der Waals surface area contributed by atoms with Crippen LogP contribution in [0.15, 0.2) is 58.6 Å². The summed E-state index contributed by atoms with van der Waals surface area (Å²) in [6.45, 7) is 3.61. The lowest BCUT2D eigenvalue weighted by Gasteiger charge is -2.26. The first-order chi connectivity index (χ1) is 15.0. The molecule has 164 valence electrons. The standard InChI is InChI=1S/C21H23ClN4O3S2/c1-2-13-30-21-24-23-20(26(21)18-7-4-6-17(22)15-18)16-5-3-8-19(14-16)31(27,28)25-9-11-29-12-10-25/h3-8,14-15H,2,9-13H2,1H3. The van der Waals surface area contributed by atoms with Crippen LogP contribution < -0.4 is 0 Å². The number of aromatic nitrogens is 3. The molecule has 1 fully saturated rings. The smallest absolute Gasteiger partial charge is 0.243 e. The average molecular weight is 479 g/mol. The highest BCUT2D eigenvalue weighted by Gasteiger charge is 2.27. The van der Waals surface area contributed by atoms with E-state index in [-0.39, 0.29) is 4.90 Å². The lowest BCUT2D eigenvalue weighted by atomic mass is 10.2. The maximum Gasteiger partial charge on any atom is 0.243 e. The third-order valence-electron chi connectivity index (χ3n) is 4.84. The fourth-order valence-electron chi connectivity index (χ4n) is 3.32. The van der Waals surface area contributed by atoms with E-state index in [2.05, 4.69) is 17.1 Å². The van der Waals surface area contributed by atoms with Crippen molar-refractivity contribution in [1.82, 2.24) is 19.1 Å². The van der Waals surface area contributed by atoms with Gasteiger partial charge in [-0.3, -0.25) is 4.57 Å². The van der Waals surface area contributed by atoms with Crippen LogP contribution in [0.2, 0.25) is 5.02 Å². The van der Waals surface area contributed by atoms with Gasteiger partial charge in [0.25, 0.3) is 0 Å². The summed E-state index contributed by atoms with van der Waals surface area (Å²) >= 11 is 7.83. The summed E-state index contributed by atoms with van der Waals surface area (Å²) in [7, 11) is -3.61. The zero-order chi connectivity index (χ0) is 21.8. The number of morpholine rings is 1. The Morgan fingerprint density at radius 1 is 1.10 bits per heavy atom. The molecule has 2 aromatic carbocycles. The Kier molecular flexibility index (Phi) is 6.98. The lowest BCUT2D eigenvalue weighted by molar-refractivity contribution is 0.0730. The summed E-state index contributed by atoms with van der Waals surface area (Å²) in [5, 5.41) is 10.1. The van der Waals surface area contributed by atoms with Gasteiger partial charge in [0, 0.05) is 29.4 Å². The zero-order valence-corrected chi connectivity index (χ0v) is 19.5. The van der Waals surface area contributed by atoms with Crippen LogP contribution in [0.4, 0.5) is 0 Å². The number of hydrogen-bond acceptors (Lipinski definition) is 6. The number of sulfonamides is 1. The van der Waals surface area contributed by atoms with Crippen LogP contribution in [0.1, 0.15) is 13.3 Å². The van der Waals surface area contributed by atoms with E-state index in [1.54, 1.807) is 30.0 Å². The monoisotopic (exact) mass is 478 g/mol. The molecular weight excluding hydrogens is 456 g/mol. The minimum Gasteiger partial charge on any atom is -0.379 e. The molecule has 3 aromatic rings. The van der Waals surface area contributed by atoms with Gasteiger partial charge in [-0.1, -0.05) is 48.5 Å². The van der Waals surface area contributed by atoms with Gasteiger partial charge in [0.2, 0.25) is 10.0 Å². The van der Waals surface area contributed by atoms with E-state index >= 15 is 0 Å². The molecule has 0 spiro atoms. The highest BCUT2D eigenvalue weighted by Crippen LogP contribution is 2.31. The molecule has 0 atom stereocenters. The molecule has 0 unspecified atom stereocenters. The van der Waals surface area contributed by atoms with Crippen molar-refractivity contribution in [3.05, 3.63) is 53.6 Å². The number of ether oxygens (including phenoxy) is 1. The molecule has 0 aliphatic carbocycles. The maximum atomic E-state index is 13.1.